The van der Waals surface area contributed by atoms with Crippen molar-refractivity contribution in [3.8, 4) is 11.3 Å². The van der Waals surface area contributed by atoms with E-state index in [1.165, 1.54) is 12.1 Å². The van der Waals surface area contributed by atoms with Gasteiger partial charge in [-0.1, -0.05) is 12.1 Å². The summed E-state index contributed by atoms with van der Waals surface area (Å²) in [6.07, 6.45) is 3.31. The Morgan fingerprint density at radius 1 is 1.53 bits per heavy atom. The van der Waals surface area contributed by atoms with Crippen LogP contribution in [0, 0.1) is 10.1 Å². The summed E-state index contributed by atoms with van der Waals surface area (Å²) in [6, 6.07) is 6.61. The number of aromatic nitrogens is 2. The van der Waals surface area contributed by atoms with Crippen LogP contribution in [0.15, 0.2) is 30.5 Å². The van der Waals surface area contributed by atoms with Gasteiger partial charge >= 0.3 is 0 Å². The van der Waals surface area contributed by atoms with Crippen molar-refractivity contribution >= 4 is 5.69 Å². The highest BCUT2D eigenvalue weighted by Gasteiger charge is 2.09. The van der Waals surface area contributed by atoms with Crippen LogP contribution in [0.1, 0.15) is 19.2 Å². The van der Waals surface area contributed by atoms with E-state index in [2.05, 4.69) is 9.97 Å². The smallest absolute Gasteiger partial charge is 0.270 e. The van der Waals surface area contributed by atoms with Crippen LogP contribution >= 0.6 is 0 Å². The lowest BCUT2D eigenvalue weighted by Gasteiger charge is -2.01. The van der Waals surface area contributed by atoms with Gasteiger partial charge in [0.15, 0.2) is 0 Å². The number of non-ortho nitro benzene ring substituents is 1. The van der Waals surface area contributed by atoms with E-state index in [0.717, 1.165) is 29.9 Å². The molecule has 0 aliphatic heterocycles. The topological polar surface area (TPSA) is 97.8 Å². The summed E-state index contributed by atoms with van der Waals surface area (Å²) >= 11 is 0. The van der Waals surface area contributed by atoms with Crippen LogP contribution in [0.2, 0.25) is 0 Å². The largest absolute Gasteiger partial charge is 0.342 e. The van der Waals surface area contributed by atoms with E-state index in [0.29, 0.717) is 0 Å². The number of nitro groups is 1. The SMILES string of the molecule is CC(N)CCc1ncc(-c2cccc([N+](=O)[O-])c2)[nH]1. The van der Waals surface area contributed by atoms with Gasteiger partial charge in [0.1, 0.15) is 5.82 Å². The number of benzene rings is 1. The summed E-state index contributed by atoms with van der Waals surface area (Å²) in [7, 11) is 0. The first-order chi connectivity index (χ1) is 9.06. The fraction of sp³-hybridized carbons (Fsp3) is 0.308. The van der Waals surface area contributed by atoms with Gasteiger partial charge in [0.25, 0.3) is 5.69 Å². The number of nitrogens with one attached hydrogen (secondary N) is 1. The van der Waals surface area contributed by atoms with E-state index in [4.69, 9.17) is 5.73 Å². The van der Waals surface area contributed by atoms with Crippen LogP contribution in [0.25, 0.3) is 11.3 Å². The van der Waals surface area contributed by atoms with Crippen molar-refractivity contribution in [3.05, 3.63) is 46.4 Å². The number of nitrogens with zero attached hydrogens (tertiary/aromatic N) is 2. The minimum atomic E-state index is -0.406. The second-order valence-corrected chi connectivity index (χ2v) is 4.57. The maximum Gasteiger partial charge on any atom is 0.270 e. The average molecular weight is 260 g/mol. The summed E-state index contributed by atoms with van der Waals surface area (Å²) in [5.74, 6) is 0.846. The zero-order valence-corrected chi connectivity index (χ0v) is 10.7. The van der Waals surface area contributed by atoms with Crippen molar-refractivity contribution in [1.82, 2.24) is 9.97 Å². The molecule has 2 rings (SSSR count). The first-order valence-electron chi connectivity index (χ1n) is 6.10. The van der Waals surface area contributed by atoms with Crippen molar-refractivity contribution in [3.63, 3.8) is 0 Å². The molecule has 0 fully saturated rings. The number of nitrogens with two attached hydrogens (primary N) is 1. The lowest BCUT2D eigenvalue weighted by molar-refractivity contribution is -0.384. The second kappa shape index (κ2) is 5.62. The molecular formula is C13H16N4O2. The van der Waals surface area contributed by atoms with E-state index < -0.39 is 4.92 Å². The highest BCUT2D eigenvalue weighted by molar-refractivity contribution is 5.61. The Labute approximate surface area is 110 Å². The van der Waals surface area contributed by atoms with E-state index in [1.54, 1.807) is 12.3 Å². The molecule has 100 valence electrons. The third-order valence-corrected chi connectivity index (χ3v) is 2.83. The summed E-state index contributed by atoms with van der Waals surface area (Å²) in [4.78, 5) is 17.7. The highest BCUT2D eigenvalue weighted by atomic mass is 16.6. The van der Waals surface area contributed by atoms with Crippen molar-refractivity contribution < 1.29 is 4.92 Å². The van der Waals surface area contributed by atoms with Gasteiger partial charge in [0.05, 0.1) is 16.8 Å². The minimum Gasteiger partial charge on any atom is -0.342 e. The Balaban J connectivity index is 2.18. The summed E-state index contributed by atoms with van der Waals surface area (Å²) in [5.41, 5.74) is 7.31. The standard InChI is InChI=1S/C13H16N4O2/c1-9(14)5-6-13-15-8-12(16-13)10-3-2-4-11(7-10)17(18)19/h2-4,7-9H,5-6,14H2,1H3,(H,15,16). The molecule has 6 heteroatoms. The molecule has 0 radical (unpaired) electrons. The molecule has 1 unspecified atom stereocenters. The van der Waals surface area contributed by atoms with E-state index in [1.807, 2.05) is 13.0 Å². The number of aryl methyl sites for hydroxylation is 1. The van der Waals surface area contributed by atoms with Crippen molar-refractivity contribution in [2.45, 2.75) is 25.8 Å². The number of rotatable bonds is 5. The maximum absolute atomic E-state index is 10.7. The summed E-state index contributed by atoms with van der Waals surface area (Å²) in [5, 5.41) is 10.7. The number of hydrogen-bond donors (Lipinski definition) is 2. The number of aromatic amines is 1. The predicted molar refractivity (Wildman–Crippen MR) is 72.6 cm³/mol. The minimum absolute atomic E-state index is 0.0734. The second-order valence-electron chi connectivity index (χ2n) is 4.57. The van der Waals surface area contributed by atoms with Gasteiger partial charge in [0, 0.05) is 30.2 Å². The first kappa shape index (κ1) is 13.2. The first-order valence-corrected chi connectivity index (χ1v) is 6.10. The Morgan fingerprint density at radius 3 is 3.00 bits per heavy atom. The van der Waals surface area contributed by atoms with Crippen LogP contribution in [0.3, 0.4) is 0 Å². The zero-order chi connectivity index (χ0) is 13.8. The van der Waals surface area contributed by atoms with Crippen LogP contribution in [0.5, 0.6) is 0 Å². The van der Waals surface area contributed by atoms with Gasteiger partial charge in [-0.25, -0.2) is 4.98 Å². The molecule has 1 heterocycles. The zero-order valence-electron chi connectivity index (χ0n) is 10.7. The number of hydrogen-bond acceptors (Lipinski definition) is 4. The molecule has 0 saturated heterocycles. The Hall–Kier alpha value is -2.21. The quantitative estimate of drug-likeness (QED) is 0.636. The molecule has 0 saturated carbocycles. The molecule has 1 aromatic carbocycles. The summed E-state index contributed by atoms with van der Waals surface area (Å²) < 4.78 is 0. The predicted octanol–water partition coefficient (Wildman–Crippen LogP) is 2.26. The van der Waals surface area contributed by atoms with Gasteiger partial charge in [-0.3, -0.25) is 10.1 Å². The Kier molecular flexibility index (Phi) is 3.91. The molecule has 1 atom stereocenters. The van der Waals surface area contributed by atoms with Gasteiger partial charge in [-0.05, 0) is 13.3 Å². The van der Waals surface area contributed by atoms with E-state index in [9.17, 15) is 10.1 Å². The monoisotopic (exact) mass is 260 g/mol. The van der Waals surface area contributed by atoms with Crippen LogP contribution in [-0.2, 0) is 6.42 Å². The highest BCUT2D eigenvalue weighted by Crippen LogP contribution is 2.22. The summed E-state index contributed by atoms with van der Waals surface area (Å²) in [6.45, 7) is 1.95. The number of H-pyrrole nitrogens is 1. The Morgan fingerprint density at radius 2 is 2.32 bits per heavy atom. The molecule has 3 N–H and O–H groups in total. The number of imidazole rings is 1. The van der Waals surface area contributed by atoms with Crippen LogP contribution < -0.4 is 5.73 Å². The molecule has 0 bridgehead atoms. The maximum atomic E-state index is 10.7. The van der Waals surface area contributed by atoms with Gasteiger partial charge in [-0.2, -0.15) is 0 Å². The molecule has 19 heavy (non-hydrogen) atoms. The molecule has 1 aromatic heterocycles. The molecule has 2 aromatic rings. The fourth-order valence-electron chi connectivity index (χ4n) is 1.79. The van der Waals surface area contributed by atoms with E-state index >= 15 is 0 Å². The Bertz CT molecular complexity index is 578. The van der Waals surface area contributed by atoms with Gasteiger partial charge in [-0.15, -0.1) is 0 Å². The third-order valence-electron chi connectivity index (χ3n) is 2.83. The van der Waals surface area contributed by atoms with Crippen LogP contribution in [0.4, 0.5) is 5.69 Å². The molecule has 0 aliphatic carbocycles. The lowest BCUT2D eigenvalue weighted by Crippen LogP contribution is -2.15. The molecule has 0 spiro atoms. The van der Waals surface area contributed by atoms with Crippen LogP contribution in [-0.4, -0.2) is 20.9 Å². The molecule has 0 aliphatic rings. The number of nitro benzene ring substituents is 1. The normalized spacial score (nSPS) is 12.3. The fourth-order valence-corrected chi connectivity index (χ4v) is 1.79. The van der Waals surface area contributed by atoms with Crippen molar-refractivity contribution in [2.75, 3.05) is 0 Å². The van der Waals surface area contributed by atoms with Gasteiger partial charge in [0.2, 0.25) is 0 Å². The third kappa shape index (κ3) is 3.38. The van der Waals surface area contributed by atoms with Crippen molar-refractivity contribution in [2.24, 2.45) is 5.73 Å². The molecule has 0 amide bonds. The average Bonchev–Trinajstić information content (AvgIpc) is 2.85. The van der Waals surface area contributed by atoms with Crippen molar-refractivity contribution in [1.29, 1.82) is 0 Å². The lowest BCUT2D eigenvalue weighted by atomic mass is 10.1. The molecule has 6 nitrogen and oxygen atoms in total. The molecular weight excluding hydrogens is 244 g/mol. The van der Waals surface area contributed by atoms with E-state index in [-0.39, 0.29) is 11.7 Å². The van der Waals surface area contributed by atoms with Gasteiger partial charge < -0.3 is 10.7 Å².